The molecule has 0 amide bonds. The summed E-state index contributed by atoms with van der Waals surface area (Å²) in [4.78, 5) is 10.3. The molecule has 0 rings (SSSR count). The van der Waals surface area contributed by atoms with Crippen molar-refractivity contribution in [2.75, 3.05) is 0 Å². The van der Waals surface area contributed by atoms with E-state index in [1.807, 2.05) is 6.92 Å². The average molecular weight is 154 g/mol. The van der Waals surface area contributed by atoms with E-state index in [4.69, 9.17) is 0 Å². The Morgan fingerprint density at radius 1 is 1.27 bits per heavy atom. The molecule has 64 valence electrons. The van der Waals surface area contributed by atoms with E-state index in [1.165, 1.54) is 19.3 Å². The zero-order valence-electron chi connectivity index (χ0n) is 7.60. The van der Waals surface area contributed by atoms with E-state index in [1.54, 1.807) is 0 Å². The summed E-state index contributed by atoms with van der Waals surface area (Å²) in [6, 6.07) is 0. The first-order chi connectivity index (χ1) is 5.35. The van der Waals surface area contributed by atoms with Crippen molar-refractivity contribution in [3.8, 4) is 0 Å². The van der Waals surface area contributed by atoms with Crippen LogP contribution >= 0.6 is 0 Å². The molecule has 0 saturated heterocycles. The van der Waals surface area contributed by atoms with Gasteiger partial charge in [0.2, 0.25) is 0 Å². The molecular formula is C10H18O. The smallest absolute Gasteiger partial charge is 0.145 e. The highest BCUT2D eigenvalue weighted by atomic mass is 16.1. The van der Waals surface area contributed by atoms with Gasteiger partial charge in [0, 0.05) is 0 Å². The molecule has 0 N–H and O–H groups in total. The van der Waals surface area contributed by atoms with Gasteiger partial charge in [-0.25, -0.2) is 0 Å². The molecule has 1 nitrogen and oxygen atoms in total. The molecule has 0 fully saturated rings. The van der Waals surface area contributed by atoms with Gasteiger partial charge in [0.25, 0.3) is 0 Å². The number of allylic oxidation sites excluding steroid dienone is 2. The van der Waals surface area contributed by atoms with Crippen molar-refractivity contribution in [3.05, 3.63) is 11.6 Å². The van der Waals surface area contributed by atoms with E-state index in [0.29, 0.717) is 0 Å². The van der Waals surface area contributed by atoms with E-state index in [-0.39, 0.29) is 0 Å². The predicted octanol–water partition coefficient (Wildman–Crippen LogP) is 3.10. The molecule has 11 heavy (non-hydrogen) atoms. The number of unbranched alkanes of at least 4 members (excludes halogenated alkanes) is 3. The molecule has 0 heterocycles. The molecule has 0 atom stereocenters. The number of rotatable bonds is 6. The van der Waals surface area contributed by atoms with E-state index >= 15 is 0 Å². The molecule has 0 aliphatic heterocycles. The predicted molar refractivity (Wildman–Crippen MR) is 48.6 cm³/mol. The van der Waals surface area contributed by atoms with Crippen molar-refractivity contribution in [3.63, 3.8) is 0 Å². The van der Waals surface area contributed by atoms with Crippen molar-refractivity contribution in [1.82, 2.24) is 0 Å². The second-order valence-electron chi connectivity index (χ2n) is 2.75. The van der Waals surface area contributed by atoms with Crippen LogP contribution in [0.5, 0.6) is 0 Å². The van der Waals surface area contributed by atoms with E-state index in [2.05, 4.69) is 13.0 Å². The Kier molecular flexibility index (Phi) is 7.11. The lowest BCUT2D eigenvalue weighted by molar-refractivity contribution is -0.105. The molecule has 0 unspecified atom stereocenters. The van der Waals surface area contributed by atoms with Gasteiger partial charge in [0.05, 0.1) is 0 Å². The molecule has 0 aliphatic carbocycles. The monoisotopic (exact) mass is 154 g/mol. The molecule has 0 spiro atoms. The summed E-state index contributed by atoms with van der Waals surface area (Å²) in [7, 11) is 0. The van der Waals surface area contributed by atoms with Crippen molar-refractivity contribution < 1.29 is 4.79 Å². The standard InChI is InChI=1S/C10H18O/c1-3-5-6-7-8-10(4-2)9-11/h8-9H,3-7H2,1-2H3/b10-8-. The van der Waals surface area contributed by atoms with Crippen molar-refractivity contribution >= 4 is 6.29 Å². The van der Waals surface area contributed by atoms with E-state index < -0.39 is 0 Å². The Hall–Kier alpha value is -0.590. The van der Waals surface area contributed by atoms with Gasteiger partial charge in [-0.15, -0.1) is 0 Å². The molecule has 0 aliphatic rings. The maximum atomic E-state index is 10.3. The van der Waals surface area contributed by atoms with Gasteiger partial charge >= 0.3 is 0 Å². The number of hydrogen-bond acceptors (Lipinski definition) is 1. The molecular weight excluding hydrogens is 136 g/mol. The molecule has 0 bridgehead atoms. The minimum atomic E-state index is 0.871. The van der Waals surface area contributed by atoms with Gasteiger partial charge in [-0.1, -0.05) is 32.8 Å². The second-order valence-corrected chi connectivity index (χ2v) is 2.75. The van der Waals surface area contributed by atoms with E-state index in [0.717, 1.165) is 24.7 Å². The number of aldehydes is 1. The minimum Gasteiger partial charge on any atom is -0.298 e. The minimum absolute atomic E-state index is 0.871. The third kappa shape index (κ3) is 5.84. The SMILES string of the molecule is CCCCC/C=C(\C=O)CC. The fourth-order valence-corrected chi connectivity index (χ4v) is 0.958. The van der Waals surface area contributed by atoms with Crippen LogP contribution in [0.1, 0.15) is 46.0 Å². The van der Waals surface area contributed by atoms with Gasteiger partial charge in [0.1, 0.15) is 6.29 Å². The number of hydrogen-bond donors (Lipinski definition) is 0. The van der Waals surface area contributed by atoms with Crippen LogP contribution in [0.3, 0.4) is 0 Å². The number of carbonyl (C=O) groups excluding carboxylic acids is 1. The summed E-state index contributed by atoms with van der Waals surface area (Å²) in [5, 5.41) is 0. The van der Waals surface area contributed by atoms with Crippen molar-refractivity contribution in [2.24, 2.45) is 0 Å². The Morgan fingerprint density at radius 2 is 2.00 bits per heavy atom. The highest BCUT2D eigenvalue weighted by Crippen LogP contribution is 2.04. The highest BCUT2D eigenvalue weighted by Gasteiger charge is 1.89. The van der Waals surface area contributed by atoms with Crippen LogP contribution in [0.2, 0.25) is 0 Å². The topological polar surface area (TPSA) is 17.1 Å². The lowest BCUT2D eigenvalue weighted by Crippen LogP contribution is -1.81. The summed E-state index contributed by atoms with van der Waals surface area (Å²) < 4.78 is 0. The van der Waals surface area contributed by atoms with Crippen LogP contribution < -0.4 is 0 Å². The summed E-state index contributed by atoms with van der Waals surface area (Å²) in [5.41, 5.74) is 0.945. The number of carbonyl (C=O) groups is 1. The first-order valence-corrected chi connectivity index (χ1v) is 4.49. The molecule has 0 saturated carbocycles. The zero-order chi connectivity index (χ0) is 8.53. The van der Waals surface area contributed by atoms with Gasteiger partial charge in [0.15, 0.2) is 0 Å². The fraction of sp³-hybridized carbons (Fsp3) is 0.700. The quantitative estimate of drug-likeness (QED) is 0.326. The van der Waals surface area contributed by atoms with Gasteiger partial charge < -0.3 is 0 Å². The van der Waals surface area contributed by atoms with Crippen LogP contribution in [0.4, 0.5) is 0 Å². The third-order valence-corrected chi connectivity index (χ3v) is 1.77. The van der Waals surface area contributed by atoms with Crippen LogP contribution in [-0.2, 0) is 4.79 Å². The second kappa shape index (κ2) is 7.52. The van der Waals surface area contributed by atoms with Gasteiger partial charge in [-0.3, -0.25) is 4.79 Å². The molecule has 0 radical (unpaired) electrons. The van der Waals surface area contributed by atoms with Gasteiger partial charge in [-0.05, 0) is 24.8 Å². The molecule has 1 heteroatoms. The van der Waals surface area contributed by atoms with Gasteiger partial charge in [-0.2, -0.15) is 0 Å². The summed E-state index contributed by atoms with van der Waals surface area (Å²) in [5.74, 6) is 0. The lowest BCUT2D eigenvalue weighted by Gasteiger charge is -1.94. The molecule has 0 aromatic heterocycles. The van der Waals surface area contributed by atoms with Crippen molar-refractivity contribution in [2.45, 2.75) is 46.0 Å². The first-order valence-electron chi connectivity index (χ1n) is 4.49. The Bertz CT molecular complexity index is 125. The van der Waals surface area contributed by atoms with Crippen LogP contribution in [-0.4, -0.2) is 6.29 Å². The fourth-order valence-electron chi connectivity index (χ4n) is 0.958. The normalized spacial score (nSPS) is 11.6. The maximum absolute atomic E-state index is 10.3. The molecule has 0 aromatic rings. The Labute approximate surface area is 69.5 Å². The molecule has 0 aromatic carbocycles. The first kappa shape index (κ1) is 10.4. The Balaban J connectivity index is 3.44. The third-order valence-electron chi connectivity index (χ3n) is 1.77. The summed E-state index contributed by atoms with van der Waals surface area (Å²) >= 11 is 0. The van der Waals surface area contributed by atoms with Crippen LogP contribution in [0.25, 0.3) is 0 Å². The summed E-state index contributed by atoms with van der Waals surface area (Å²) in [6.07, 6.45) is 8.69. The van der Waals surface area contributed by atoms with E-state index in [9.17, 15) is 4.79 Å². The maximum Gasteiger partial charge on any atom is 0.145 e. The van der Waals surface area contributed by atoms with Crippen LogP contribution in [0.15, 0.2) is 11.6 Å². The van der Waals surface area contributed by atoms with Crippen molar-refractivity contribution in [1.29, 1.82) is 0 Å². The Morgan fingerprint density at radius 3 is 2.45 bits per heavy atom. The zero-order valence-corrected chi connectivity index (χ0v) is 7.60. The highest BCUT2D eigenvalue weighted by molar-refractivity contribution is 5.72. The lowest BCUT2D eigenvalue weighted by atomic mass is 10.1. The van der Waals surface area contributed by atoms with Crippen LogP contribution in [0, 0.1) is 0 Å². The largest absolute Gasteiger partial charge is 0.298 e. The summed E-state index contributed by atoms with van der Waals surface area (Å²) in [6.45, 7) is 4.20. The average Bonchev–Trinajstić information content (AvgIpc) is 2.05.